The van der Waals surface area contributed by atoms with Crippen LogP contribution in [-0.2, 0) is 27.9 Å². The molecule has 0 aromatic rings. The molecule has 1 amide bonds. The second-order valence-corrected chi connectivity index (χ2v) is 13.0. The third kappa shape index (κ3) is 25.9. The van der Waals surface area contributed by atoms with E-state index in [1.54, 1.807) is 6.92 Å². The Morgan fingerprint density at radius 2 is 1.32 bits per heavy atom. The average Bonchev–Trinajstić information content (AvgIpc) is 2.95. The van der Waals surface area contributed by atoms with Crippen LogP contribution in [0.4, 0.5) is 0 Å². The number of thioether (sulfide) groups is 1. The van der Waals surface area contributed by atoms with E-state index in [1.807, 2.05) is 6.26 Å². The van der Waals surface area contributed by atoms with E-state index in [1.165, 1.54) is 95.2 Å². The fourth-order valence-corrected chi connectivity index (χ4v) is 5.18. The summed E-state index contributed by atoms with van der Waals surface area (Å²) in [6, 6.07) is 2.21. The first-order chi connectivity index (χ1) is 19.4. The number of rotatable bonds is 29. The van der Waals surface area contributed by atoms with Crippen LogP contribution in [0, 0.1) is 11.3 Å². The smallest absolute Gasteiger partial charge is 0.319 e. The number of unbranched alkanes of at least 4 members (excludes halogenated alkanes) is 14. The van der Waals surface area contributed by atoms with Crippen molar-refractivity contribution in [1.29, 1.82) is 5.26 Å². The van der Waals surface area contributed by atoms with Gasteiger partial charge in [0.2, 0.25) is 5.91 Å². The monoisotopic (exact) mass is 604 g/mol. The molecular weight excluding hydrogens is 547 g/mol. The minimum absolute atomic E-state index is 0.0792. The molecule has 40 heavy (non-hydrogen) atoms. The molecule has 2 atom stereocenters. The van der Waals surface area contributed by atoms with Gasteiger partial charge in [-0.3, -0.25) is 14.2 Å². The first-order valence-electron chi connectivity index (χ1n) is 15.5. The molecule has 0 aliphatic rings. The number of hydrogen-bond donors (Lipinski definition) is 1. The molecule has 0 aliphatic carbocycles. The van der Waals surface area contributed by atoms with Gasteiger partial charge in [-0.15, -0.1) is 11.8 Å². The van der Waals surface area contributed by atoms with Gasteiger partial charge in [-0.05, 0) is 26.0 Å². The van der Waals surface area contributed by atoms with Crippen LogP contribution in [0.2, 0.25) is 0 Å². The fraction of sp³-hybridized carbons (Fsp3) is 0.900. The molecule has 0 aromatic carbocycles. The van der Waals surface area contributed by atoms with E-state index in [4.69, 9.17) is 19.0 Å². The van der Waals surface area contributed by atoms with Crippen LogP contribution in [0.1, 0.15) is 136 Å². The van der Waals surface area contributed by atoms with Crippen molar-refractivity contribution in [3.05, 3.63) is 0 Å². The normalized spacial score (nSPS) is 13.3. The van der Waals surface area contributed by atoms with Gasteiger partial charge in [0.25, 0.3) is 0 Å². The van der Waals surface area contributed by atoms with Crippen LogP contribution >= 0.6 is 20.0 Å². The zero-order valence-corrected chi connectivity index (χ0v) is 27.4. The van der Waals surface area contributed by atoms with Crippen molar-refractivity contribution in [2.24, 2.45) is 0 Å². The number of hydrogen-bond acceptors (Lipinski definition) is 8. The van der Waals surface area contributed by atoms with E-state index in [-0.39, 0.29) is 44.7 Å². The van der Waals surface area contributed by atoms with Crippen molar-refractivity contribution in [3.63, 3.8) is 0 Å². The lowest BCUT2D eigenvalue weighted by Gasteiger charge is -2.17. The van der Waals surface area contributed by atoms with Crippen molar-refractivity contribution >= 4 is 31.9 Å². The van der Waals surface area contributed by atoms with Gasteiger partial charge in [0.15, 0.2) is 0 Å². The molecule has 10 heteroatoms. The highest BCUT2D eigenvalue weighted by Crippen LogP contribution is 2.26. The first kappa shape index (κ1) is 38.9. The molecule has 8 nitrogen and oxygen atoms in total. The number of nitrogens with one attached hydrogen (secondary N) is 1. The lowest BCUT2D eigenvalue weighted by molar-refractivity contribution is -0.144. The highest BCUT2D eigenvalue weighted by atomic mass is 32.2. The Bertz CT molecular complexity index is 706. The summed E-state index contributed by atoms with van der Waals surface area (Å²) >= 11 is 1.42. The Kier molecular flexibility index (Phi) is 27.3. The highest BCUT2D eigenvalue weighted by Gasteiger charge is 2.23. The summed E-state index contributed by atoms with van der Waals surface area (Å²) in [6.45, 7) is 4.78. The van der Waals surface area contributed by atoms with Crippen LogP contribution < -0.4 is 5.32 Å². The lowest BCUT2D eigenvalue weighted by atomic mass is 10.0. The number of amides is 1. The molecule has 0 heterocycles. The zero-order chi connectivity index (χ0) is 29.7. The van der Waals surface area contributed by atoms with Crippen molar-refractivity contribution in [2.45, 2.75) is 141 Å². The van der Waals surface area contributed by atoms with Crippen molar-refractivity contribution in [2.75, 3.05) is 32.6 Å². The molecule has 0 aliphatic heterocycles. The predicted molar refractivity (Wildman–Crippen MR) is 166 cm³/mol. The van der Waals surface area contributed by atoms with Crippen LogP contribution in [0.15, 0.2) is 0 Å². The minimum Gasteiger partial charge on any atom is -0.466 e. The average molecular weight is 605 g/mol. The zero-order valence-electron chi connectivity index (χ0n) is 25.6. The third-order valence-electron chi connectivity index (χ3n) is 6.92. The second kappa shape index (κ2) is 28.1. The summed E-state index contributed by atoms with van der Waals surface area (Å²) in [5, 5.41) is 11.8. The quantitative estimate of drug-likeness (QED) is 0.0517. The summed E-state index contributed by atoms with van der Waals surface area (Å²) in [5.41, 5.74) is 0. The molecule has 0 aromatic heterocycles. The van der Waals surface area contributed by atoms with E-state index in [2.05, 4.69) is 18.3 Å². The maximum Gasteiger partial charge on any atom is 0.319 e. The Labute approximate surface area is 249 Å². The molecule has 0 spiro atoms. The Morgan fingerprint density at radius 3 is 1.85 bits per heavy atom. The fourth-order valence-electron chi connectivity index (χ4n) is 4.12. The molecule has 0 fully saturated rings. The summed E-state index contributed by atoms with van der Waals surface area (Å²) < 4.78 is 26.6. The molecule has 0 saturated heterocycles. The molecule has 2 unspecified atom stereocenters. The number of carbonyl (C=O) groups is 2. The number of carbonyl (C=O) groups excluding carboxylic acids is 2. The SMILES string of the molecule is CCCCCCCCCCCCCCCCCC(=O)OCCCO[PH](=O)OCCNC(=O)CCC(C)(C#N)SC. The minimum atomic E-state index is -2.66. The summed E-state index contributed by atoms with van der Waals surface area (Å²) in [5.74, 6) is -0.368. The molecule has 0 rings (SSSR count). The molecule has 0 bridgehead atoms. The van der Waals surface area contributed by atoms with Gasteiger partial charge >= 0.3 is 14.2 Å². The number of ether oxygens (including phenoxy) is 1. The number of nitriles is 1. The van der Waals surface area contributed by atoms with Gasteiger partial charge in [0.05, 0.1) is 30.6 Å². The van der Waals surface area contributed by atoms with E-state index >= 15 is 0 Å². The van der Waals surface area contributed by atoms with Crippen molar-refractivity contribution < 1.29 is 27.9 Å². The first-order valence-corrected chi connectivity index (χ1v) is 18.0. The molecule has 234 valence electrons. The van der Waals surface area contributed by atoms with Crippen molar-refractivity contribution in [3.8, 4) is 6.07 Å². The van der Waals surface area contributed by atoms with Crippen LogP contribution in [-0.4, -0.2) is 49.2 Å². The third-order valence-corrected chi connectivity index (χ3v) is 8.99. The van der Waals surface area contributed by atoms with Crippen molar-refractivity contribution in [1.82, 2.24) is 5.32 Å². The molecule has 0 saturated carbocycles. The van der Waals surface area contributed by atoms with Gasteiger partial charge in [0, 0.05) is 25.8 Å². The topological polar surface area (TPSA) is 115 Å². The molecule has 1 N–H and O–H groups in total. The summed E-state index contributed by atoms with van der Waals surface area (Å²) in [6.07, 6.45) is 22.9. The Hall–Kier alpha value is -1.07. The largest absolute Gasteiger partial charge is 0.466 e. The predicted octanol–water partition coefficient (Wildman–Crippen LogP) is 8.15. The van der Waals surface area contributed by atoms with E-state index in [9.17, 15) is 14.2 Å². The Balaban J connectivity index is 3.44. The van der Waals surface area contributed by atoms with Gasteiger partial charge in [0.1, 0.15) is 0 Å². The molecular formula is C30H57N2O6PS. The summed E-state index contributed by atoms with van der Waals surface area (Å²) in [7, 11) is -2.66. The standard InChI is InChI=1S/C30H57N2O6PS/c1-4-5-6-7-8-9-10-11-12-13-14-15-16-17-18-20-29(34)36-24-19-25-37-39(35)38-26-23-32-28(33)21-22-30(2,27-31)40-3/h39H,4-26H2,1-3H3,(H,32,33). The van der Waals surface area contributed by atoms with Gasteiger partial charge < -0.3 is 19.1 Å². The van der Waals surface area contributed by atoms with Crippen LogP contribution in [0.5, 0.6) is 0 Å². The van der Waals surface area contributed by atoms with E-state index < -0.39 is 13.0 Å². The molecule has 0 radical (unpaired) electrons. The van der Waals surface area contributed by atoms with E-state index in [0.717, 1.165) is 12.8 Å². The lowest BCUT2D eigenvalue weighted by Crippen LogP contribution is -2.29. The Morgan fingerprint density at radius 1 is 0.800 bits per heavy atom. The summed E-state index contributed by atoms with van der Waals surface area (Å²) in [4.78, 5) is 23.7. The maximum absolute atomic E-state index is 11.8. The van der Waals surface area contributed by atoms with Crippen LogP contribution in [0.3, 0.4) is 0 Å². The van der Waals surface area contributed by atoms with Gasteiger partial charge in [-0.2, -0.15) is 5.26 Å². The highest BCUT2D eigenvalue weighted by molar-refractivity contribution is 8.00. The van der Waals surface area contributed by atoms with Crippen LogP contribution in [0.25, 0.3) is 0 Å². The number of esters is 1. The van der Waals surface area contributed by atoms with E-state index in [0.29, 0.717) is 19.3 Å². The second-order valence-electron chi connectivity index (χ2n) is 10.6. The number of nitrogens with zero attached hydrogens (tertiary/aromatic N) is 1. The maximum atomic E-state index is 11.8. The van der Waals surface area contributed by atoms with Gasteiger partial charge in [-0.1, -0.05) is 96.8 Å². The van der Waals surface area contributed by atoms with Gasteiger partial charge in [-0.25, -0.2) is 0 Å².